The van der Waals surface area contributed by atoms with Gasteiger partial charge in [0.15, 0.2) is 0 Å². The number of aryl methyl sites for hydroxylation is 1. The molecule has 1 aliphatic heterocycles. The van der Waals surface area contributed by atoms with Crippen molar-refractivity contribution in [2.45, 2.75) is 50.7 Å². The summed E-state index contributed by atoms with van der Waals surface area (Å²) in [7, 11) is 0. The minimum absolute atomic E-state index is 0.0508. The van der Waals surface area contributed by atoms with Crippen LogP contribution in [0, 0.1) is 5.92 Å². The van der Waals surface area contributed by atoms with Crippen LogP contribution in [0.1, 0.15) is 42.9 Å². The quantitative estimate of drug-likeness (QED) is 0.520. The van der Waals surface area contributed by atoms with Gasteiger partial charge in [0.1, 0.15) is 12.1 Å². The van der Waals surface area contributed by atoms with Gasteiger partial charge in [-0.1, -0.05) is 41.6 Å². The maximum Gasteiger partial charge on any atom is 0.325 e. The van der Waals surface area contributed by atoms with E-state index in [4.69, 9.17) is 0 Å². The van der Waals surface area contributed by atoms with Crippen LogP contribution in [0.3, 0.4) is 0 Å². The van der Waals surface area contributed by atoms with Crippen LogP contribution in [0.4, 0.5) is 4.79 Å². The van der Waals surface area contributed by atoms with Gasteiger partial charge >= 0.3 is 6.03 Å². The zero-order chi connectivity index (χ0) is 24.9. The molecule has 0 bridgehead atoms. The molecule has 2 atom stereocenters. The molecule has 2 unspecified atom stereocenters. The lowest BCUT2D eigenvalue weighted by molar-refractivity contribution is -0.141. The van der Waals surface area contributed by atoms with E-state index in [1.165, 1.54) is 0 Å². The highest BCUT2D eigenvalue weighted by atomic mass is 16.2. The highest BCUT2D eigenvalue weighted by Crippen LogP contribution is 2.42. The van der Waals surface area contributed by atoms with Crippen molar-refractivity contribution < 1.29 is 14.4 Å². The topological polar surface area (TPSA) is 100 Å². The first kappa shape index (κ1) is 22.5. The molecule has 2 aliphatic carbocycles. The molecule has 2 fully saturated rings. The molecule has 1 aromatic heterocycles. The Morgan fingerprint density at radius 2 is 2.00 bits per heavy atom. The number of amides is 4. The summed E-state index contributed by atoms with van der Waals surface area (Å²) in [5, 5.41) is 10.8. The van der Waals surface area contributed by atoms with Gasteiger partial charge in [0.25, 0.3) is 5.91 Å². The first-order chi connectivity index (χ1) is 17.5. The number of benzene rings is 2. The van der Waals surface area contributed by atoms with E-state index in [2.05, 4.69) is 22.6 Å². The highest BCUT2D eigenvalue weighted by molar-refractivity contribution is 6.10. The van der Waals surface area contributed by atoms with Crippen molar-refractivity contribution in [2.24, 2.45) is 5.92 Å². The third-order valence-electron chi connectivity index (χ3n) is 7.79. The minimum atomic E-state index is -1.13. The van der Waals surface area contributed by atoms with Gasteiger partial charge in [0.05, 0.1) is 18.1 Å². The van der Waals surface area contributed by atoms with Crippen LogP contribution in [0.5, 0.6) is 0 Å². The van der Waals surface area contributed by atoms with E-state index in [9.17, 15) is 14.4 Å². The van der Waals surface area contributed by atoms with Crippen molar-refractivity contribution in [3.8, 4) is 5.69 Å². The fourth-order valence-electron chi connectivity index (χ4n) is 5.57. The van der Waals surface area contributed by atoms with Gasteiger partial charge in [-0.05, 0) is 67.3 Å². The second-order valence-electron chi connectivity index (χ2n) is 10.0. The third-order valence-corrected chi connectivity index (χ3v) is 7.79. The summed E-state index contributed by atoms with van der Waals surface area (Å²) in [6.07, 6.45) is 6.66. The molecule has 3 aromatic rings. The predicted octanol–water partition coefficient (Wildman–Crippen LogP) is 2.79. The Kier molecular flexibility index (Phi) is 5.35. The number of aromatic nitrogens is 3. The average Bonchev–Trinajstić information content (AvgIpc) is 3.39. The lowest BCUT2D eigenvalue weighted by Gasteiger charge is -2.31. The van der Waals surface area contributed by atoms with E-state index in [0.717, 1.165) is 40.1 Å². The summed E-state index contributed by atoms with van der Waals surface area (Å²) in [6.45, 7) is 2.26. The number of urea groups is 1. The molecule has 184 valence electrons. The van der Waals surface area contributed by atoms with Crippen LogP contribution in [0.15, 0.2) is 60.9 Å². The molecular formula is C27H28N6O3. The Balaban J connectivity index is 1.23. The number of carbonyl (C=O) groups excluding carboxylic acids is 3. The molecule has 1 N–H and O–H groups in total. The Hall–Kier alpha value is -4.01. The number of fused-ring (bicyclic) bond motifs is 2. The molecule has 2 aromatic carbocycles. The Labute approximate surface area is 209 Å². The number of nitrogens with zero attached hydrogens (tertiary/aromatic N) is 5. The summed E-state index contributed by atoms with van der Waals surface area (Å²) in [4.78, 5) is 43.2. The van der Waals surface area contributed by atoms with Crippen LogP contribution < -0.4 is 5.32 Å². The van der Waals surface area contributed by atoms with E-state index in [-0.39, 0.29) is 24.4 Å². The van der Waals surface area contributed by atoms with Crippen LogP contribution in [0.25, 0.3) is 5.69 Å². The van der Waals surface area contributed by atoms with E-state index in [1.54, 1.807) is 17.1 Å². The SMILES string of the molecule is CC(C1CC1)N(Cc1ccccc1)C(=O)CN1C(=O)NC2(CCc3cc(-n4ccnn4)ccc32)C1=O. The van der Waals surface area contributed by atoms with Crippen LogP contribution in [-0.2, 0) is 28.1 Å². The Bertz CT molecular complexity index is 1320. The molecule has 1 saturated carbocycles. The number of carbonyl (C=O) groups is 3. The van der Waals surface area contributed by atoms with Gasteiger partial charge in [0.2, 0.25) is 5.91 Å². The second kappa shape index (κ2) is 8.58. The van der Waals surface area contributed by atoms with E-state index >= 15 is 0 Å². The number of hydrogen-bond donors (Lipinski definition) is 1. The summed E-state index contributed by atoms with van der Waals surface area (Å²) < 4.78 is 1.66. The van der Waals surface area contributed by atoms with Gasteiger partial charge in [-0.2, -0.15) is 0 Å². The standard InChI is InChI=1S/C27H28N6O3/c1-18(20-7-8-20)31(16-19-5-3-2-4-6-19)24(34)17-32-25(35)27(29-26(32)36)12-11-21-15-22(9-10-23(21)27)33-14-13-28-30-33/h2-6,9-10,13-15,18,20H,7-8,11-12,16-17H2,1H3,(H,29,36). The van der Waals surface area contributed by atoms with E-state index in [0.29, 0.717) is 25.3 Å². The molecule has 4 amide bonds. The third kappa shape index (κ3) is 3.75. The number of rotatable bonds is 7. The van der Waals surface area contributed by atoms with Crippen LogP contribution >= 0.6 is 0 Å². The van der Waals surface area contributed by atoms with Crippen molar-refractivity contribution in [1.82, 2.24) is 30.1 Å². The van der Waals surface area contributed by atoms with Gasteiger partial charge in [-0.25, -0.2) is 9.48 Å². The average molecular weight is 485 g/mol. The summed E-state index contributed by atoms with van der Waals surface area (Å²) in [5.41, 5.74) is 2.52. The van der Waals surface area contributed by atoms with Crippen molar-refractivity contribution in [3.05, 3.63) is 77.6 Å². The zero-order valence-corrected chi connectivity index (χ0v) is 20.1. The van der Waals surface area contributed by atoms with Crippen molar-refractivity contribution in [3.63, 3.8) is 0 Å². The van der Waals surface area contributed by atoms with Gasteiger partial charge < -0.3 is 10.2 Å². The summed E-state index contributed by atoms with van der Waals surface area (Å²) >= 11 is 0. The van der Waals surface area contributed by atoms with E-state index in [1.807, 2.05) is 53.4 Å². The highest BCUT2D eigenvalue weighted by Gasteiger charge is 2.56. The first-order valence-corrected chi connectivity index (χ1v) is 12.4. The predicted molar refractivity (Wildman–Crippen MR) is 131 cm³/mol. The summed E-state index contributed by atoms with van der Waals surface area (Å²) in [5.74, 6) is -0.0987. The van der Waals surface area contributed by atoms with Crippen LogP contribution in [-0.4, -0.2) is 55.2 Å². The smallest absolute Gasteiger partial charge is 0.325 e. The van der Waals surface area contributed by atoms with Gasteiger partial charge in [-0.3, -0.25) is 14.5 Å². The maximum absolute atomic E-state index is 13.7. The molecule has 0 radical (unpaired) electrons. The first-order valence-electron chi connectivity index (χ1n) is 12.4. The fourth-order valence-corrected chi connectivity index (χ4v) is 5.57. The Morgan fingerprint density at radius 3 is 2.72 bits per heavy atom. The lowest BCUT2D eigenvalue weighted by Crippen LogP contribution is -2.47. The van der Waals surface area contributed by atoms with Gasteiger partial charge in [0, 0.05) is 12.6 Å². The molecular weight excluding hydrogens is 456 g/mol. The van der Waals surface area contributed by atoms with Crippen molar-refractivity contribution in [2.75, 3.05) is 6.54 Å². The van der Waals surface area contributed by atoms with E-state index < -0.39 is 11.6 Å². The molecule has 1 spiro atoms. The number of nitrogens with one attached hydrogen (secondary N) is 1. The molecule has 1 saturated heterocycles. The fraction of sp³-hybridized carbons (Fsp3) is 0.370. The monoisotopic (exact) mass is 484 g/mol. The van der Waals surface area contributed by atoms with Crippen molar-refractivity contribution >= 4 is 17.8 Å². The molecule has 36 heavy (non-hydrogen) atoms. The normalized spacial score (nSPS) is 21.5. The molecule has 6 rings (SSSR count). The minimum Gasteiger partial charge on any atom is -0.334 e. The lowest BCUT2D eigenvalue weighted by atomic mass is 9.91. The second-order valence-corrected chi connectivity index (χ2v) is 10.0. The van der Waals surface area contributed by atoms with Gasteiger partial charge in [-0.15, -0.1) is 5.10 Å². The number of hydrogen-bond acceptors (Lipinski definition) is 5. The molecule has 3 aliphatic rings. The van der Waals surface area contributed by atoms with Crippen LogP contribution in [0.2, 0.25) is 0 Å². The van der Waals surface area contributed by atoms with Crippen molar-refractivity contribution in [1.29, 1.82) is 0 Å². The Morgan fingerprint density at radius 1 is 1.19 bits per heavy atom. The molecule has 9 heteroatoms. The summed E-state index contributed by atoms with van der Waals surface area (Å²) in [6, 6.07) is 15.1. The zero-order valence-electron chi connectivity index (χ0n) is 20.1. The molecule has 9 nitrogen and oxygen atoms in total. The maximum atomic E-state index is 13.7. The number of imide groups is 1. The largest absolute Gasteiger partial charge is 0.334 e. The molecule has 2 heterocycles.